The Labute approximate surface area is 170 Å². The number of ether oxygens (including phenoxy) is 1. The molecule has 0 aliphatic rings. The van der Waals surface area contributed by atoms with E-state index >= 15 is 0 Å². The molecule has 0 spiro atoms. The number of carbonyl (C=O) groups excluding carboxylic acids is 1. The van der Waals surface area contributed by atoms with Crippen LogP contribution in [0.3, 0.4) is 0 Å². The fraction of sp³-hybridized carbons (Fsp3) is 0.261. The van der Waals surface area contributed by atoms with Crippen LogP contribution in [0.25, 0.3) is 0 Å². The predicted molar refractivity (Wildman–Crippen MR) is 114 cm³/mol. The second kappa shape index (κ2) is 10.1. The third kappa shape index (κ3) is 5.94. The number of hydrogen-bond acceptors (Lipinski definition) is 3. The standard InChI is InChI=1S/C23H26N2O2S/c1-17-8-10-19(11-9-17)23(21-7-4-14-28-21)25-16-22(26)24-12-13-27-20-6-3-5-18(2)15-20/h3-11,14-15,23,25H,12-13,16H2,1-2H3,(H,24,26)/p+1/t23-/m0/s1. The summed E-state index contributed by atoms with van der Waals surface area (Å²) in [4.78, 5) is 13.5. The van der Waals surface area contributed by atoms with Crippen molar-refractivity contribution in [1.82, 2.24) is 5.32 Å². The van der Waals surface area contributed by atoms with Gasteiger partial charge in [-0.2, -0.15) is 0 Å². The summed E-state index contributed by atoms with van der Waals surface area (Å²) in [7, 11) is 0. The first-order valence-corrected chi connectivity index (χ1v) is 10.4. The van der Waals surface area contributed by atoms with Gasteiger partial charge in [-0.05, 0) is 43.0 Å². The topological polar surface area (TPSA) is 54.9 Å². The molecule has 3 rings (SSSR count). The largest absolute Gasteiger partial charge is 0.492 e. The fourth-order valence-corrected chi connectivity index (χ4v) is 3.87. The third-order valence-corrected chi connectivity index (χ3v) is 5.46. The summed E-state index contributed by atoms with van der Waals surface area (Å²) in [5.41, 5.74) is 3.61. The van der Waals surface area contributed by atoms with Crippen molar-refractivity contribution in [2.45, 2.75) is 19.9 Å². The van der Waals surface area contributed by atoms with E-state index < -0.39 is 0 Å². The molecule has 28 heavy (non-hydrogen) atoms. The second-order valence-corrected chi connectivity index (χ2v) is 7.84. The van der Waals surface area contributed by atoms with Crippen molar-refractivity contribution in [3.05, 3.63) is 87.6 Å². The van der Waals surface area contributed by atoms with E-state index in [2.05, 4.69) is 59.3 Å². The predicted octanol–water partition coefficient (Wildman–Crippen LogP) is 3.21. The van der Waals surface area contributed by atoms with Gasteiger partial charge in [-0.1, -0.05) is 48.0 Å². The smallest absolute Gasteiger partial charge is 0.275 e. The summed E-state index contributed by atoms with van der Waals surface area (Å²) in [6.07, 6.45) is 0. The number of nitrogens with one attached hydrogen (secondary N) is 1. The highest BCUT2D eigenvalue weighted by Gasteiger charge is 2.19. The Morgan fingerprint density at radius 2 is 1.89 bits per heavy atom. The van der Waals surface area contributed by atoms with Crippen LogP contribution in [0.1, 0.15) is 27.6 Å². The van der Waals surface area contributed by atoms with Gasteiger partial charge in [-0.15, -0.1) is 11.3 Å². The maximum absolute atomic E-state index is 12.3. The molecule has 0 unspecified atom stereocenters. The Morgan fingerprint density at radius 1 is 1.07 bits per heavy atom. The average Bonchev–Trinajstić information content (AvgIpc) is 3.21. The van der Waals surface area contributed by atoms with E-state index in [1.165, 1.54) is 16.0 Å². The zero-order valence-electron chi connectivity index (χ0n) is 16.4. The highest BCUT2D eigenvalue weighted by molar-refractivity contribution is 7.10. The number of aryl methyl sites for hydroxylation is 2. The maximum Gasteiger partial charge on any atom is 0.275 e. The van der Waals surface area contributed by atoms with Crippen molar-refractivity contribution in [3.63, 3.8) is 0 Å². The minimum Gasteiger partial charge on any atom is -0.492 e. The zero-order chi connectivity index (χ0) is 19.8. The molecule has 1 aromatic heterocycles. The fourth-order valence-electron chi connectivity index (χ4n) is 3.02. The van der Waals surface area contributed by atoms with Crippen LogP contribution in [0.4, 0.5) is 0 Å². The van der Waals surface area contributed by atoms with E-state index in [9.17, 15) is 4.79 Å². The van der Waals surface area contributed by atoms with E-state index in [1.54, 1.807) is 11.3 Å². The highest BCUT2D eigenvalue weighted by atomic mass is 32.1. The molecule has 1 heterocycles. The molecule has 0 saturated carbocycles. The van der Waals surface area contributed by atoms with E-state index in [0.29, 0.717) is 19.7 Å². The Bertz CT molecular complexity index is 876. The van der Waals surface area contributed by atoms with Crippen LogP contribution in [0, 0.1) is 13.8 Å². The molecule has 0 aliphatic carbocycles. The summed E-state index contributed by atoms with van der Waals surface area (Å²) in [5.74, 6) is 0.847. The van der Waals surface area contributed by atoms with Crippen molar-refractivity contribution < 1.29 is 14.8 Å². The van der Waals surface area contributed by atoms with Crippen molar-refractivity contribution in [3.8, 4) is 5.75 Å². The monoisotopic (exact) mass is 395 g/mol. The minimum atomic E-state index is 0.0153. The molecular formula is C23H27N2O2S+. The maximum atomic E-state index is 12.3. The van der Waals surface area contributed by atoms with Gasteiger partial charge in [0, 0.05) is 5.56 Å². The van der Waals surface area contributed by atoms with Gasteiger partial charge in [0.15, 0.2) is 6.54 Å². The second-order valence-electron chi connectivity index (χ2n) is 6.86. The van der Waals surface area contributed by atoms with Gasteiger partial charge >= 0.3 is 0 Å². The number of hydrogen-bond donors (Lipinski definition) is 2. The number of quaternary nitrogens is 1. The molecular weight excluding hydrogens is 368 g/mol. The Hall–Kier alpha value is -2.63. The van der Waals surface area contributed by atoms with Crippen LogP contribution in [0.2, 0.25) is 0 Å². The third-order valence-electron chi connectivity index (χ3n) is 4.51. The lowest BCUT2D eigenvalue weighted by molar-refractivity contribution is -0.676. The first-order valence-electron chi connectivity index (χ1n) is 9.51. The van der Waals surface area contributed by atoms with E-state index in [4.69, 9.17) is 4.74 Å². The van der Waals surface area contributed by atoms with Crippen molar-refractivity contribution in [2.75, 3.05) is 19.7 Å². The molecule has 0 saturated heterocycles. The Morgan fingerprint density at radius 3 is 2.61 bits per heavy atom. The molecule has 1 atom stereocenters. The van der Waals surface area contributed by atoms with Gasteiger partial charge < -0.3 is 15.4 Å². The number of thiophene rings is 1. The molecule has 3 aromatic rings. The summed E-state index contributed by atoms with van der Waals surface area (Å²) < 4.78 is 5.68. The van der Waals surface area contributed by atoms with Gasteiger partial charge in [0.25, 0.3) is 5.91 Å². The average molecular weight is 396 g/mol. The summed E-state index contributed by atoms with van der Waals surface area (Å²) in [6, 6.07) is 20.7. The molecule has 0 aliphatic heterocycles. The molecule has 146 valence electrons. The van der Waals surface area contributed by atoms with Crippen LogP contribution in [-0.2, 0) is 4.79 Å². The molecule has 1 amide bonds. The lowest BCUT2D eigenvalue weighted by Gasteiger charge is -2.15. The summed E-state index contributed by atoms with van der Waals surface area (Å²) in [5, 5.41) is 7.10. The molecule has 3 N–H and O–H groups in total. The lowest BCUT2D eigenvalue weighted by Crippen LogP contribution is -2.87. The lowest BCUT2D eigenvalue weighted by atomic mass is 10.0. The van der Waals surface area contributed by atoms with Gasteiger partial charge in [0.05, 0.1) is 11.4 Å². The molecule has 5 heteroatoms. The van der Waals surface area contributed by atoms with E-state index in [0.717, 1.165) is 11.3 Å². The minimum absolute atomic E-state index is 0.0153. The summed E-state index contributed by atoms with van der Waals surface area (Å²) in [6.45, 7) is 5.44. The molecule has 0 radical (unpaired) electrons. The van der Waals surface area contributed by atoms with Crippen LogP contribution in [-0.4, -0.2) is 25.6 Å². The SMILES string of the molecule is Cc1ccc([C@H]([NH2+]CC(=O)NCCOc2cccc(C)c2)c2cccs2)cc1. The van der Waals surface area contributed by atoms with Crippen LogP contribution in [0.15, 0.2) is 66.0 Å². The van der Waals surface area contributed by atoms with Crippen LogP contribution >= 0.6 is 11.3 Å². The zero-order valence-corrected chi connectivity index (χ0v) is 17.2. The number of rotatable bonds is 9. The van der Waals surface area contributed by atoms with Crippen molar-refractivity contribution >= 4 is 17.2 Å². The van der Waals surface area contributed by atoms with E-state index in [-0.39, 0.29) is 11.9 Å². The number of benzene rings is 2. The van der Waals surface area contributed by atoms with Crippen LogP contribution in [0.5, 0.6) is 5.75 Å². The molecule has 0 bridgehead atoms. The number of carbonyl (C=O) groups is 1. The van der Waals surface area contributed by atoms with Gasteiger partial charge in [-0.25, -0.2) is 0 Å². The van der Waals surface area contributed by atoms with Gasteiger partial charge in [0.2, 0.25) is 0 Å². The first-order chi connectivity index (χ1) is 13.6. The van der Waals surface area contributed by atoms with Crippen LogP contribution < -0.4 is 15.4 Å². The highest BCUT2D eigenvalue weighted by Crippen LogP contribution is 2.22. The molecule has 4 nitrogen and oxygen atoms in total. The normalized spacial score (nSPS) is 11.8. The van der Waals surface area contributed by atoms with Gasteiger partial charge in [0.1, 0.15) is 18.4 Å². The van der Waals surface area contributed by atoms with Crippen molar-refractivity contribution in [1.29, 1.82) is 0 Å². The summed E-state index contributed by atoms with van der Waals surface area (Å²) >= 11 is 1.72. The van der Waals surface area contributed by atoms with Gasteiger partial charge in [-0.3, -0.25) is 4.79 Å². The molecule has 2 aromatic carbocycles. The Balaban J connectivity index is 1.47. The number of nitrogens with two attached hydrogens (primary N) is 1. The molecule has 0 fully saturated rings. The van der Waals surface area contributed by atoms with Crippen molar-refractivity contribution in [2.24, 2.45) is 0 Å². The quantitative estimate of drug-likeness (QED) is 0.547. The first kappa shape index (κ1) is 20.1. The Kier molecular flexibility index (Phi) is 7.23. The van der Waals surface area contributed by atoms with E-state index in [1.807, 2.05) is 31.2 Å². The number of amides is 1.